The minimum Gasteiger partial charge on any atom is -0.466 e. The first kappa shape index (κ1) is 34.2. The second kappa shape index (κ2) is 31.2. The van der Waals surface area contributed by atoms with Crippen molar-refractivity contribution in [3.63, 3.8) is 0 Å². The van der Waals surface area contributed by atoms with Gasteiger partial charge in [0.25, 0.3) is 0 Å². The van der Waals surface area contributed by atoms with Gasteiger partial charge in [-0.05, 0) is 25.7 Å². The third kappa shape index (κ3) is 31.2. The molecule has 0 unspecified atom stereocenters. The number of carbonyl (C=O) groups is 1. The highest BCUT2D eigenvalue weighted by atomic mass is 16.5. The van der Waals surface area contributed by atoms with E-state index in [9.17, 15) is 4.79 Å². The molecule has 0 saturated heterocycles. The Bertz CT molecular complexity index is 417. The molecule has 0 aliphatic carbocycles. The van der Waals surface area contributed by atoms with E-state index in [0.29, 0.717) is 13.0 Å². The summed E-state index contributed by atoms with van der Waals surface area (Å²) in [5, 5.41) is 0. The van der Waals surface area contributed by atoms with Crippen LogP contribution in [-0.2, 0) is 9.53 Å². The lowest BCUT2D eigenvalue weighted by atomic mass is 10.0. The highest BCUT2D eigenvalue weighted by Gasteiger charge is 2.02. The SMILES string of the molecule is C=CCCCCCCOC(=O)CCCCCCCCCCCCCCCCCCCCCCCC. The van der Waals surface area contributed by atoms with Crippen LogP contribution in [0.2, 0.25) is 0 Å². The maximum Gasteiger partial charge on any atom is 0.305 e. The van der Waals surface area contributed by atoms with Gasteiger partial charge in [0.15, 0.2) is 0 Å². The van der Waals surface area contributed by atoms with Crippen molar-refractivity contribution in [2.75, 3.05) is 6.61 Å². The van der Waals surface area contributed by atoms with Gasteiger partial charge in [-0.15, -0.1) is 6.58 Å². The van der Waals surface area contributed by atoms with Crippen molar-refractivity contribution in [1.29, 1.82) is 0 Å². The number of unbranched alkanes of at least 4 members (excludes halogenated alkanes) is 25. The van der Waals surface area contributed by atoms with Gasteiger partial charge >= 0.3 is 5.97 Å². The Morgan fingerprint density at radius 1 is 0.514 bits per heavy atom. The predicted octanol–water partition coefficient (Wildman–Crippen LogP) is 11.7. The lowest BCUT2D eigenvalue weighted by Gasteiger charge is -2.05. The van der Waals surface area contributed by atoms with Gasteiger partial charge in [-0.1, -0.05) is 161 Å². The summed E-state index contributed by atoms with van der Waals surface area (Å²) in [6, 6.07) is 0. The van der Waals surface area contributed by atoms with Crippen LogP contribution in [0, 0.1) is 0 Å². The molecular formula is C33H64O2. The molecule has 0 saturated carbocycles. The molecule has 0 aromatic rings. The molecule has 0 aliphatic rings. The summed E-state index contributed by atoms with van der Waals surface area (Å²) < 4.78 is 5.34. The molecule has 0 heterocycles. The number of hydrogen-bond acceptors (Lipinski definition) is 2. The first-order chi connectivity index (χ1) is 17.3. The molecule has 2 nitrogen and oxygen atoms in total. The number of esters is 1. The maximum atomic E-state index is 11.8. The molecule has 208 valence electrons. The Labute approximate surface area is 221 Å². The van der Waals surface area contributed by atoms with Crippen LogP contribution < -0.4 is 0 Å². The third-order valence-electron chi connectivity index (χ3n) is 7.30. The van der Waals surface area contributed by atoms with E-state index in [4.69, 9.17) is 4.74 Å². The lowest BCUT2D eigenvalue weighted by Crippen LogP contribution is -2.05. The van der Waals surface area contributed by atoms with Crippen LogP contribution >= 0.6 is 0 Å². The zero-order chi connectivity index (χ0) is 25.5. The number of carbonyl (C=O) groups excluding carboxylic acids is 1. The summed E-state index contributed by atoms with van der Waals surface area (Å²) in [6.07, 6.45) is 38.9. The quantitative estimate of drug-likeness (QED) is 0.0566. The maximum absolute atomic E-state index is 11.8. The fourth-order valence-electron chi connectivity index (χ4n) is 4.88. The van der Waals surface area contributed by atoms with Crippen LogP contribution in [0.4, 0.5) is 0 Å². The fraction of sp³-hybridized carbons (Fsp3) is 0.909. The number of ether oxygens (including phenoxy) is 1. The average molecular weight is 493 g/mol. The molecule has 0 bridgehead atoms. The summed E-state index contributed by atoms with van der Waals surface area (Å²) in [6.45, 7) is 6.64. The van der Waals surface area contributed by atoms with Gasteiger partial charge < -0.3 is 4.74 Å². The Kier molecular flexibility index (Phi) is 30.5. The first-order valence-corrected chi connectivity index (χ1v) is 16.1. The first-order valence-electron chi connectivity index (χ1n) is 16.1. The molecular weight excluding hydrogens is 428 g/mol. The van der Waals surface area contributed by atoms with Crippen LogP contribution in [0.3, 0.4) is 0 Å². The Balaban J connectivity index is 3.10. The van der Waals surface area contributed by atoms with E-state index >= 15 is 0 Å². The van der Waals surface area contributed by atoms with Crippen LogP contribution in [0.5, 0.6) is 0 Å². The van der Waals surface area contributed by atoms with E-state index in [1.54, 1.807) is 0 Å². The molecule has 35 heavy (non-hydrogen) atoms. The topological polar surface area (TPSA) is 26.3 Å². The molecule has 0 rings (SSSR count). The summed E-state index contributed by atoms with van der Waals surface area (Å²) in [7, 11) is 0. The Morgan fingerprint density at radius 3 is 1.26 bits per heavy atom. The van der Waals surface area contributed by atoms with Crippen molar-refractivity contribution in [1.82, 2.24) is 0 Å². The van der Waals surface area contributed by atoms with Crippen LogP contribution in [0.25, 0.3) is 0 Å². The van der Waals surface area contributed by atoms with Crippen molar-refractivity contribution in [3.8, 4) is 0 Å². The van der Waals surface area contributed by atoms with Crippen LogP contribution in [0.1, 0.15) is 187 Å². The largest absolute Gasteiger partial charge is 0.466 e. The Hall–Kier alpha value is -0.790. The molecule has 0 amide bonds. The molecule has 0 N–H and O–H groups in total. The average Bonchev–Trinajstić information content (AvgIpc) is 2.86. The normalized spacial score (nSPS) is 11.1. The molecule has 0 atom stereocenters. The fourth-order valence-corrected chi connectivity index (χ4v) is 4.88. The molecule has 0 radical (unpaired) electrons. The monoisotopic (exact) mass is 492 g/mol. The minimum atomic E-state index is 0.00394. The summed E-state index contributed by atoms with van der Waals surface area (Å²) in [5.74, 6) is 0.00394. The zero-order valence-electron chi connectivity index (χ0n) is 24.1. The Morgan fingerprint density at radius 2 is 0.857 bits per heavy atom. The van der Waals surface area contributed by atoms with Gasteiger partial charge in [-0.2, -0.15) is 0 Å². The predicted molar refractivity (Wildman–Crippen MR) is 156 cm³/mol. The summed E-state index contributed by atoms with van der Waals surface area (Å²) >= 11 is 0. The van der Waals surface area contributed by atoms with E-state index in [0.717, 1.165) is 25.7 Å². The molecule has 0 aromatic heterocycles. The van der Waals surface area contributed by atoms with Crippen molar-refractivity contribution >= 4 is 5.97 Å². The highest BCUT2D eigenvalue weighted by Crippen LogP contribution is 2.15. The number of hydrogen-bond donors (Lipinski definition) is 0. The summed E-state index contributed by atoms with van der Waals surface area (Å²) in [4.78, 5) is 11.8. The smallest absolute Gasteiger partial charge is 0.305 e. The lowest BCUT2D eigenvalue weighted by molar-refractivity contribution is -0.143. The molecule has 2 heteroatoms. The van der Waals surface area contributed by atoms with Gasteiger partial charge in [0, 0.05) is 6.42 Å². The van der Waals surface area contributed by atoms with E-state index < -0.39 is 0 Å². The second-order valence-corrected chi connectivity index (χ2v) is 10.9. The summed E-state index contributed by atoms with van der Waals surface area (Å²) in [5.41, 5.74) is 0. The minimum absolute atomic E-state index is 0.00394. The molecule has 0 spiro atoms. The van der Waals surface area contributed by atoms with Crippen molar-refractivity contribution in [3.05, 3.63) is 12.7 Å². The molecule has 0 aromatic carbocycles. The van der Waals surface area contributed by atoms with E-state index in [1.165, 1.54) is 148 Å². The number of rotatable bonds is 30. The van der Waals surface area contributed by atoms with E-state index in [-0.39, 0.29) is 5.97 Å². The van der Waals surface area contributed by atoms with Crippen molar-refractivity contribution in [2.24, 2.45) is 0 Å². The van der Waals surface area contributed by atoms with Gasteiger partial charge in [0.2, 0.25) is 0 Å². The van der Waals surface area contributed by atoms with Crippen LogP contribution in [0.15, 0.2) is 12.7 Å². The van der Waals surface area contributed by atoms with Gasteiger partial charge in [0.05, 0.1) is 6.61 Å². The third-order valence-corrected chi connectivity index (χ3v) is 7.30. The standard InChI is InChI=1S/C33H64O2/c1-3-5-7-9-11-12-13-14-15-16-17-18-19-20-21-22-23-24-25-26-27-29-31-33(34)35-32-30-28-10-8-6-4-2/h4H,2-3,5-32H2,1H3. The van der Waals surface area contributed by atoms with Gasteiger partial charge in [-0.3, -0.25) is 4.79 Å². The molecule has 0 aliphatic heterocycles. The highest BCUT2D eigenvalue weighted by molar-refractivity contribution is 5.69. The zero-order valence-corrected chi connectivity index (χ0v) is 24.1. The second-order valence-electron chi connectivity index (χ2n) is 10.9. The van der Waals surface area contributed by atoms with E-state index in [1.807, 2.05) is 6.08 Å². The molecule has 0 fully saturated rings. The van der Waals surface area contributed by atoms with E-state index in [2.05, 4.69) is 13.5 Å². The van der Waals surface area contributed by atoms with Gasteiger partial charge in [0.1, 0.15) is 0 Å². The van der Waals surface area contributed by atoms with Crippen molar-refractivity contribution in [2.45, 2.75) is 187 Å². The van der Waals surface area contributed by atoms with Crippen molar-refractivity contribution < 1.29 is 9.53 Å². The van der Waals surface area contributed by atoms with Gasteiger partial charge in [-0.25, -0.2) is 0 Å². The van der Waals surface area contributed by atoms with Crippen LogP contribution in [-0.4, -0.2) is 12.6 Å². The number of allylic oxidation sites excluding steroid dienone is 1.